The largest absolute Gasteiger partial charge is 0.379 e. The van der Waals surface area contributed by atoms with Gasteiger partial charge in [-0.25, -0.2) is 4.98 Å². The van der Waals surface area contributed by atoms with Crippen LogP contribution in [0.15, 0.2) is 54.6 Å². The maximum absolute atomic E-state index is 13.7. The van der Waals surface area contributed by atoms with Crippen molar-refractivity contribution in [2.45, 2.75) is 26.7 Å². The van der Waals surface area contributed by atoms with Crippen molar-refractivity contribution in [3.63, 3.8) is 0 Å². The second-order valence-corrected chi connectivity index (χ2v) is 10.1. The fraction of sp³-hybridized carbons (Fsp3) is 0.357. The summed E-state index contributed by atoms with van der Waals surface area (Å²) < 4.78 is 6.62. The number of thiazole rings is 1. The van der Waals surface area contributed by atoms with E-state index in [0.29, 0.717) is 13.0 Å². The van der Waals surface area contributed by atoms with Gasteiger partial charge in [0.25, 0.3) is 0 Å². The SMILES string of the molecule is Cc1cc(C)c2nc(N(CCCN3CCOCC3)C(=O)Cc3cccc4ccccc34)sc2c1. The standard InChI is InChI=1S/C28H31N3O2S/c1-20-17-21(2)27-25(18-20)34-28(29-27)31(12-6-11-30-13-15-33-16-14-30)26(32)19-23-9-5-8-22-7-3-4-10-24(22)23/h3-5,7-10,17-18H,6,11-16,19H2,1-2H3. The van der Waals surface area contributed by atoms with Gasteiger partial charge in [0, 0.05) is 26.2 Å². The van der Waals surface area contributed by atoms with E-state index in [1.165, 1.54) is 5.56 Å². The average Bonchev–Trinajstić information content (AvgIpc) is 3.26. The molecule has 0 N–H and O–H groups in total. The van der Waals surface area contributed by atoms with Gasteiger partial charge in [0.15, 0.2) is 5.13 Å². The van der Waals surface area contributed by atoms with Crippen LogP contribution in [0.2, 0.25) is 0 Å². The molecule has 0 bridgehead atoms. The van der Waals surface area contributed by atoms with Gasteiger partial charge in [0.2, 0.25) is 5.91 Å². The zero-order valence-corrected chi connectivity index (χ0v) is 20.7. The van der Waals surface area contributed by atoms with Gasteiger partial charge in [-0.1, -0.05) is 59.9 Å². The van der Waals surface area contributed by atoms with E-state index in [1.807, 2.05) is 23.1 Å². The Kier molecular flexibility index (Phi) is 6.90. The molecular weight excluding hydrogens is 442 g/mol. The molecule has 5 nitrogen and oxygen atoms in total. The van der Waals surface area contributed by atoms with E-state index in [2.05, 4.69) is 55.1 Å². The molecule has 1 amide bonds. The van der Waals surface area contributed by atoms with Crippen molar-refractivity contribution < 1.29 is 9.53 Å². The molecule has 4 aromatic rings. The lowest BCUT2D eigenvalue weighted by Crippen LogP contribution is -2.39. The Morgan fingerprint density at radius 2 is 1.88 bits per heavy atom. The molecule has 2 heterocycles. The minimum Gasteiger partial charge on any atom is -0.379 e. The van der Waals surface area contributed by atoms with Gasteiger partial charge in [0.1, 0.15) is 0 Å². The van der Waals surface area contributed by atoms with E-state index >= 15 is 0 Å². The molecule has 0 unspecified atom stereocenters. The van der Waals surface area contributed by atoms with Gasteiger partial charge in [0.05, 0.1) is 29.9 Å². The summed E-state index contributed by atoms with van der Waals surface area (Å²) in [6.07, 6.45) is 1.28. The number of nitrogens with zero attached hydrogens (tertiary/aromatic N) is 3. The Morgan fingerprint density at radius 1 is 1.09 bits per heavy atom. The molecule has 1 fully saturated rings. The number of aryl methyl sites for hydroxylation is 2. The summed E-state index contributed by atoms with van der Waals surface area (Å²) in [6.45, 7) is 9.34. The molecule has 0 spiro atoms. The minimum atomic E-state index is 0.103. The van der Waals surface area contributed by atoms with Crippen molar-refractivity contribution >= 4 is 43.4 Å². The molecule has 1 saturated heterocycles. The molecule has 34 heavy (non-hydrogen) atoms. The quantitative estimate of drug-likeness (QED) is 0.362. The Bertz CT molecular complexity index is 1300. The highest BCUT2D eigenvalue weighted by molar-refractivity contribution is 7.22. The Morgan fingerprint density at radius 3 is 2.74 bits per heavy atom. The van der Waals surface area contributed by atoms with Gasteiger partial charge in [-0.3, -0.25) is 14.6 Å². The summed E-state index contributed by atoms with van der Waals surface area (Å²) in [5.74, 6) is 0.103. The van der Waals surface area contributed by atoms with Crippen LogP contribution < -0.4 is 4.90 Å². The summed E-state index contributed by atoms with van der Waals surface area (Å²) in [4.78, 5) is 23.0. The van der Waals surface area contributed by atoms with Gasteiger partial charge in [-0.05, 0) is 53.8 Å². The molecule has 1 aromatic heterocycles. The third kappa shape index (κ3) is 4.99. The van der Waals surface area contributed by atoms with Crippen molar-refractivity contribution in [1.29, 1.82) is 0 Å². The number of anilines is 1. The minimum absolute atomic E-state index is 0.103. The highest BCUT2D eigenvalue weighted by atomic mass is 32.1. The highest BCUT2D eigenvalue weighted by Crippen LogP contribution is 2.32. The predicted octanol–water partition coefficient (Wildman–Crippen LogP) is 5.36. The molecule has 6 heteroatoms. The normalized spacial score (nSPS) is 14.6. The number of aromatic nitrogens is 1. The van der Waals surface area contributed by atoms with Crippen LogP contribution in [0.5, 0.6) is 0 Å². The first-order chi connectivity index (χ1) is 16.6. The first kappa shape index (κ1) is 23.0. The topological polar surface area (TPSA) is 45.7 Å². The second kappa shape index (κ2) is 10.2. The van der Waals surface area contributed by atoms with Crippen molar-refractivity contribution in [2.24, 2.45) is 0 Å². The molecule has 0 aliphatic carbocycles. The van der Waals surface area contributed by atoms with E-state index in [4.69, 9.17) is 9.72 Å². The summed E-state index contributed by atoms with van der Waals surface area (Å²) in [5.41, 5.74) is 4.45. The molecule has 176 valence electrons. The molecular formula is C28H31N3O2S. The number of hydrogen-bond donors (Lipinski definition) is 0. The number of fused-ring (bicyclic) bond motifs is 2. The summed E-state index contributed by atoms with van der Waals surface area (Å²) in [5, 5.41) is 3.11. The first-order valence-electron chi connectivity index (χ1n) is 12.0. The molecule has 1 aliphatic heterocycles. The first-order valence-corrected chi connectivity index (χ1v) is 12.8. The highest BCUT2D eigenvalue weighted by Gasteiger charge is 2.22. The van der Waals surface area contributed by atoms with E-state index in [0.717, 1.165) is 76.5 Å². The Hall–Kier alpha value is -2.80. The molecule has 0 saturated carbocycles. The molecule has 1 aliphatic rings. The maximum Gasteiger partial charge on any atom is 0.233 e. The van der Waals surface area contributed by atoms with Crippen molar-refractivity contribution in [1.82, 2.24) is 9.88 Å². The van der Waals surface area contributed by atoms with Crippen LogP contribution in [0, 0.1) is 13.8 Å². The molecule has 5 rings (SSSR count). The van der Waals surface area contributed by atoms with Gasteiger partial charge >= 0.3 is 0 Å². The van der Waals surface area contributed by atoms with Crippen LogP contribution in [0.25, 0.3) is 21.0 Å². The molecule has 0 atom stereocenters. The number of amides is 1. The summed E-state index contributed by atoms with van der Waals surface area (Å²) in [7, 11) is 0. The third-order valence-corrected chi connectivity index (χ3v) is 7.56. The lowest BCUT2D eigenvalue weighted by Gasteiger charge is -2.27. The number of morpholine rings is 1. The van der Waals surface area contributed by atoms with Crippen LogP contribution in [0.3, 0.4) is 0 Å². The van der Waals surface area contributed by atoms with Crippen LogP contribution in [0.4, 0.5) is 5.13 Å². The molecule has 0 radical (unpaired) electrons. The Balaban J connectivity index is 1.42. The lowest BCUT2D eigenvalue weighted by molar-refractivity contribution is -0.118. The average molecular weight is 474 g/mol. The van der Waals surface area contributed by atoms with Crippen LogP contribution >= 0.6 is 11.3 Å². The van der Waals surface area contributed by atoms with E-state index < -0.39 is 0 Å². The predicted molar refractivity (Wildman–Crippen MR) is 141 cm³/mol. The van der Waals surface area contributed by atoms with E-state index in [9.17, 15) is 4.79 Å². The number of carbonyl (C=O) groups is 1. The van der Waals surface area contributed by atoms with E-state index in [-0.39, 0.29) is 5.91 Å². The molecule has 3 aromatic carbocycles. The number of ether oxygens (including phenoxy) is 1. The van der Waals surface area contributed by atoms with Gasteiger partial charge < -0.3 is 4.74 Å². The van der Waals surface area contributed by atoms with Crippen LogP contribution in [-0.2, 0) is 16.0 Å². The second-order valence-electron chi connectivity index (χ2n) is 9.09. The lowest BCUT2D eigenvalue weighted by atomic mass is 10.0. The fourth-order valence-electron chi connectivity index (χ4n) is 4.78. The van der Waals surface area contributed by atoms with Gasteiger partial charge in [-0.15, -0.1) is 0 Å². The number of carbonyl (C=O) groups excluding carboxylic acids is 1. The number of benzene rings is 3. The van der Waals surface area contributed by atoms with Crippen molar-refractivity contribution in [3.8, 4) is 0 Å². The zero-order chi connectivity index (χ0) is 23.5. The fourth-order valence-corrected chi connectivity index (χ4v) is 5.97. The smallest absolute Gasteiger partial charge is 0.233 e. The summed E-state index contributed by atoms with van der Waals surface area (Å²) in [6, 6.07) is 18.8. The van der Waals surface area contributed by atoms with Crippen LogP contribution in [-0.4, -0.2) is 55.2 Å². The number of hydrogen-bond acceptors (Lipinski definition) is 5. The zero-order valence-electron chi connectivity index (χ0n) is 19.9. The number of rotatable bonds is 7. The van der Waals surface area contributed by atoms with Crippen molar-refractivity contribution in [3.05, 3.63) is 71.3 Å². The summed E-state index contributed by atoms with van der Waals surface area (Å²) >= 11 is 1.62. The third-order valence-electron chi connectivity index (χ3n) is 6.53. The maximum atomic E-state index is 13.7. The van der Waals surface area contributed by atoms with E-state index in [1.54, 1.807) is 11.3 Å². The van der Waals surface area contributed by atoms with Crippen LogP contribution in [0.1, 0.15) is 23.1 Å². The Labute approximate surface area is 205 Å². The van der Waals surface area contributed by atoms with Crippen molar-refractivity contribution in [2.75, 3.05) is 44.3 Å². The van der Waals surface area contributed by atoms with Gasteiger partial charge in [-0.2, -0.15) is 0 Å². The monoisotopic (exact) mass is 473 g/mol.